The van der Waals surface area contributed by atoms with Gasteiger partial charge in [-0.25, -0.2) is 0 Å². The first kappa shape index (κ1) is 14.3. The maximum Gasteiger partial charge on any atom is 0.0632 e. The number of benzene rings is 1. The quantitative estimate of drug-likeness (QED) is 0.909. The van der Waals surface area contributed by atoms with E-state index in [1.165, 1.54) is 36.1 Å². The van der Waals surface area contributed by atoms with Crippen molar-refractivity contribution in [3.8, 4) is 0 Å². The van der Waals surface area contributed by atoms with Crippen LogP contribution in [0.5, 0.6) is 0 Å². The van der Waals surface area contributed by atoms with Gasteiger partial charge in [0.25, 0.3) is 0 Å². The normalized spacial score (nSPS) is 19.1. The van der Waals surface area contributed by atoms with Crippen molar-refractivity contribution in [1.82, 2.24) is 14.7 Å². The largest absolute Gasteiger partial charge is 0.384 e. The van der Waals surface area contributed by atoms with Gasteiger partial charge in [-0.15, -0.1) is 0 Å². The number of para-hydroxylation sites is 1. The summed E-state index contributed by atoms with van der Waals surface area (Å²) in [6.07, 6.45) is 7.49. The number of halogens is 1. The number of likely N-dealkylation sites (tertiary alicyclic amines) is 1. The van der Waals surface area contributed by atoms with Crippen LogP contribution in [0.2, 0.25) is 0 Å². The lowest BCUT2D eigenvalue weighted by molar-refractivity contribution is 0.173. The molecule has 0 unspecified atom stereocenters. The molecule has 0 radical (unpaired) electrons. The van der Waals surface area contributed by atoms with Gasteiger partial charge in [0, 0.05) is 38.1 Å². The molecule has 116 valence electrons. The Morgan fingerprint density at radius 1 is 1.27 bits per heavy atom. The Kier molecular flexibility index (Phi) is 3.92. The number of anilines is 1. The summed E-state index contributed by atoms with van der Waals surface area (Å²) in [4.78, 5) is 2.57. The van der Waals surface area contributed by atoms with Crippen molar-refractivity contribution < 1.29 is 0 Å². The topological polar surface area (TPSA) is 33.1 Å². The molecule has 2 aliphatic heterocycles. The van der Waals surface area contributed by atoms with Crippen molar-refractivity contribution in [2.75, 3.05) is 25.0 Å². The summed E-state index contributed by atoms with van der Waals surface area (Å²) in [6, 6.07) is 7.27. The molecule has 4 nitrogen and oxygen atoms in total. The van der Waals surface area contributed by atoms with Gasteiger partial charge in [-0.1, -0.05) is 18.2 Å². The minimum atomic E-state index is 0.544. The molecule has 0 spiro atoms. The SMILES string of the molecule is Brc1cnn(C2CCN(Cc3cccc4c3NCC4)CC2)c1. The third-order valence-electron chi connectivity index (χ3n) is 4.83. The van der Waals surface area contributed by atoms with Crippen molar-refractivity contribution in [3.63, 3.8) is 0 Å². The van der Waals surface area contributed by atoms with E-state index in [1.807, 2.05) is 6.20 Å². The van der Waals surface area contributed by atoms with Crippen LogP contribution >= 0.6 is 15.9 Å². The smallest absolute Gasteiger partial charge is 0.0632 e. The van der Waals surface area contributed by atoms with Crippen LogP contribution in [0.15, 0.2) is 35.1 Å². The zero-order valence-corrected chi connectivity index (χ0v) is 14.2. The van der Waals surface area contributed by atoms with Gasteiger partial charge in [-0.2, -0.15) is 5.10 Å². The van der Waals surface area contributed by atoms with Crippen molar-refractivity contribution in [1.29, 1.82) is 0 Å². The van der Waals surface area contributed by atoms with E-state index in [0.717, 1.165) is 30.7 Å². The van der Waals surface area contributed by atoms with E-state index in [-0.39, 0.29) is 0 Å². The Balaban J connectivity index is 1.39. The molecule has 0 aliphatic carbocycles. The summed E-state index contributed by atoms with van der Waals surface area (Å²) >= 11 is 3.48. The third kappa shape index (κ3) is 2.79. The first-order valence-corrected chi connectivity index (χ1v) is 8.85. The molecule has 5 heteroatoms. The number of fused-ring (bicyclic) bond motifs is 1. The summed E-state index contributed by atoms with van der Waals surface area (Å²) < 4.78 is 3.18. The van der Waals surface area contributed by atoms with E-state index in [1.54, 1.807) is 0 Å². The Bertz CT molecular complexity index is 658. The van der Waals surface area contributed by atoms with Crippen LogP contribution in [0.25, 0.3) is 0 Å². The molecule has 1 fully saturated rings. The highest BCUT2D eigenvalue weighted by molar-refractivity contribution is 9.10. The Hall–Kier alpha value is -1.33. The molecule has 1 aromatic heterocycles. The highest BCUT2D eigenvalue weighted by Gasteiger charge is 2.22. The Morgan fingerprint density at radius 3 is 2.91 bits per heavy atom. The summed E-state index contributed by atoms with van der Waals surface area (Å²) in [5, 5.41) is 7.99. The minimum Gasteiger partial charge on any atom is -0.384 e. The van der Waals surface area contributed by atoms with E-state index >= 15 is 0 Å². The fourth-order valence-electron chi connectivity index (χ4n) is 3.64. The lowest BCUT2D eigenvalue weighted by atomic mass is 10.0. The third-order valence-corrected chi connectivity index (χ3v) is 5.24. The van der Waals surface area contributed by atoms with E-state index in [2.05, 4.69) is 60.3 Å². The predicted molar refractivity (Wildman–Crippen MR) is 92.1 cm³/mol. The van der Waals surface area contributed by atoms with Gasteiger partial charge in [-0.05, 0) is 46.3 Å². The van der Waals surface area contributed by atoms with Crippen LogP contribution < -0.4 is 5.32 Å². The van der Waals surface area contributed by atoms with Gasteiger partial charge in [0.2, 0.25) is 0 Å². The van der Waals surface area contributed by atoms with Crippen LogP contribution in [0.4, 0.5) is 5.69 Å². The minimum absolute atomic E-state index is 0.544. The summed E-state index contributed by atoms with van der Waals surface area (Å²) in [5.41, 5.74) is 4.32. The van der Waals surface area contributed by atoms with Crippen LogP contribution in [-0.2, 0) is 13.0 Å². The number of nitrogens with zero attached hydrogens (tertiary/aromatic N) is 3. The molecular formula is C17H21BrN4. The molecule has 3 heterocycles. The van der Waals surface area contributed by atoms with Gasteiger partial charge >= 0.3 is 0 Å². The van der Waals surface area contributed by atoms with Crippen LogP contribution in [0.1, 0.15) is 30.0 Å². The monoisotopic (exact) mass is 360 g/mol. The van der Waals surface area contributed by atoms with Gasteiger partial charge < -0.3 is 5.32 Å². The highest BCUT2D eigenvalue weighted by Crippen LogP contribution is 2.29. The Labute approximate surface area is 139 Å². The first-order chi connectivity index (χ1) is 10.8. The second-order valence-corrected chi connectivity index (χ2v) is 7.19. The van der Waals surface area contributed by atoms with Gasteiger partial charge in [-0.3, -0.25) is 9.58 Å². The maximum absolute atomic E-state index is 4.44. The molecule has 2 aromatic rings. The number of piperidine rings is 1. The molecular weight excluding hydrogens is 340 g/mol. The molecule has 2 aliphatic rings. The first-order valence-electron chi connectivity index (χ1n) is 8.06. The average molecular weight is 361 g/mol. The lowest BCUT2D eigenvalue weighted by Crippen LogP contribution is -2.34. The summed E-state index contributed by atoms with van der Waals surface area (Å²) in [7, 11) is 0. The fourth-order valence-corrected chi connectivity index (χ4v) is 3.94. The number of rotatable bonds is 3. The summed E-state index contributed by atoms with van der Waals surface area (Å²) in [5.74, 6) is 0. The van der Waals surface area contributed by atoms with Crippen LogP contribution in [0, 0.1) is 0 Å². The molecule has 4 rings (SSSR count). The molecule has 1 saturated heterocycles. The highest BCUT2D eigenvalue weighted by atomic mass is 79.9. The average Bonchev–Trinajstić information content (AvgIpc) is 3.17. The molecule has 22 heavy (non-hydrogen) atoms. The fraction of sp³-hybridized carbons (Fsp3) is 0.471. The molecule has 0 bridgehead atoms. The molecule has 1 N–H and O–H groups in total. The molecule has 0 saturated carbocycles. The Morgan fingerprint density at radius 2 is 2.14 bits per heavy atom. The van der Waals surface area contributed by atoms with Crippen molar-refractivity contribution >= 4 is 21.6 Å². The van der Waals surface area contributed by atoms with E-state index in [4.69, 9.17) is 0 Å². The predicted octanol–water partition coefficient (Wildman–Crippen LogP) is 3.45. The number of nitrogens with one attached hydrogen (secondary N) is 1. The van der Waals surface area contributed by atoms with Gasteiger partial charge in [0.15, 0.2) is 0 Å². The van der Waals surface area contributed by atoms with Gasteiger partial charge in [0.1, 0.15) is 0 Å². The van der Waals surface area contributed by atoms with Gasteiger partial charge in [0.05, 0.1) is 16.7 Å². The zero-order valence-electron chi connectivity index (χ0n) is 12.6. The number of aromatic nitrogens is 2. The van der Waals surface area contributed by atoms with Crippen molar-refractivity contribution in [2.45, 2.75) is 31.8 Å². The second kappa shape index (κ2) is 6.05. The molecule has 0 atom stereocenters. The number of hydrogen-bond donors (Lipinski definition) is 1. The van der Waals surface area contributed by atoms with E-state index in [0.29, 0.717) is 6.04 Å². The maximum atomic E-state index is 4.44. The lowest BCUT2D eigenvalue weighted by Gasteiger charge is -2.32. The van der Waals surface area contributed by atoms with Crippen LogP contribution in [-0.4, -0.2) is 34.3 Å². The van der Waals surface area contributed by atoms with Crippen LogP contribution in [0.3, 0.4) is 0 Å². The van der Waals surface area contributed by atoms with E-state index in [9.17, 15) is 0 Å². The summed E-state index contributed by atoms with van der Waals surface area (Å²) in [6.45, 7) is 4.44. The number of hydrogen-bond acceptors (Lipinski definition) is 3. The van der Waals surface area contributed by atoms with Crippen molar-refractivity contribution in [2.24, 2.45) is 0 Å². The van der Waals surface area contributed by atoms with Crippen molar-refractivity contribution in [3.05, 3.63) is 46.2 Å². The zero-order chi connectivity index (χ0) is 14.9. The van der Waals surface area contributed by atoms with E-state index < -0.39 is 0 Å². The molecule has 0 amide bonds. The molecule has 1 aromatic carbocycles. The standard InChI is InChI=1S/C17H21BrN4/c18-15-10-20-22(12-15)16-5-8-21(9-6-16)11-14-3-1-2-13-4-7-19-17(13)14/h1-3,10,12,16,19H,4-9,11H2. The second-order valence-electron chi connectivity index (χ2n) is 6.27.